The third-order valence-corrected chi connectivity index (χ3v) is 2.91. The molecule has 0 unspecified atom stereocenters. The van der Waals surface area contributed by atoms with E-state index < -0.39 is 0 Å². The molecule has 0 aliphatic heterocycles. The minimum absolute atomic E-state index is 0.0101. The molecular weight excluding hydrogens is 242 g/mol. The fourth-order valence-corrected chi connectivity index (χ4v) is 1.96. The number of ether oxygens (including phenoxy) is 1. The normalized spacial score (nSPS) is 12.1. The number of benzene rings is 1. The van der Waals surface area contributed by atoms with Gasteiger partial charge in [0.15, 0.2) is 0 Å². The van der Waals surface area contributed by atoms with Crippen molar-refractivity contribution in [3.63, 3.8) is 0 Å². The molecule has 98 valence electrons. The van der Waals surface area contributed by atoms with Crippen LogP contribution in [0.5, 0.6) is 0 Å². The average molecular weight is 257 g/mol. The lowest BCUT2D eigenvalue weighted by atomic mass is 10.1. The lowest BCUT2D eigenvalue weighted by molar-refractivity contribution is 0.0526. The van der Waals surface area contributed by atoms with E-state index in [1.807, 2.05) is 13.0 Å². The number of fused-ring (bicyclic) bond motifs is 1. The van der Waals surface area contributed by atoms with Gasteiger partial charge in [0.1, 0.15) is 0 Å². The van der Waals surface area contributed by atoms with Crippen LogP contribution in [0.1, 0.15) is 36.7 Å². The van der Waals surface area contributed by atoms with Crippen molar-refractivity contribution in [2.24, 2.45) is 0 Å². The molecule has 1 aromatic heterocycles. The van der Waals surface area contributed by atoms with Crippen LogP contribution in [-0.4, -0.2) is 22.4 Å². The summed E-state index contributed by atoms with van der Waals surface area (Å²) >= 11 is 0. The van der Waals surface area contributed by atoms with Gasteiger partial charge in [-0.2, -0.15) is 10.4 Å². The van der Waals surface area contributed by atoms with Crippen LogP contribution in [0.2, 0.25) is 0 Å². The van der Waals surface area contributed by atoms with E-state index in [2.05, 4.69) is 11.2 Å². The van der Waals surface area contributed by atoms with E-state index in [1.165, 1.54) is 0 Å². The smallest absolute Gasteiger partial charge is 0.338 e. The molecule has 0 aliphatic rings. The Morgan fingerprint density at radius 1 is 1.58 bits per heavy atom. The zero-order valence-corrected chi connectivity index (χ0v) is 11.0. The Hall–Kier alpha value is -2.35. The largest absolute Gasteiger partial charge is 0.462 e. The predicted octanol–water partition coefficient (Wildman–Crippen LogP) is 2.69. The maximum Gasteiger partial charge on any atom is 0.338 e. The Morgan fingerprint density at radius 3 is 3.05 bits per heavy atom. The molecular formula is C14H15N3O2. The van der Waals surface area contributed by atoms with E-state index in [-0.39, 0.29) is 12.0 Å². The fraction of sp³-hybridized carbons (Fsp3) is 0.357. The van der Waals surface area contributed by atoms with Gasteiger partial charge in [-0.1, -0.05) is 0 Å². The summed E-state index contributed by atoms with van der Waals surface area (Å²) in [5.74, 6) is -0.331. The number of aromatic nitrogens is 2. The number of carbonyl (C=O) groups excluding carboxylic acids is 1. The first-order valence-electron chi connectivity index (χ1n) is 6.18. The van der Waals surface area contributed by atoms with Gasteiger partial charge >= 0.3 is 5.97 Å². The van der Waals surface area contributed by atoms with Crippen molar-refractivity contribution >= 4 is 16.9 Å². The van der Waals surface area contributed by atoms with Crippen molar-refractivity contribution in [1.29, 1.82) is 5.26 Å². The van der Waals surface area contributed by atoms with Crippen molar-refractivity contribution in [1.82, 2.24) is 9.78 Å². The average Bonchev–Trinajstić information content (AvgIpc) is 2.82. The van der Waals surface area contributed by atoms with Crippen LogP contribution in [0.25, 0.3) is 10.9 Å². The molecule has 5 heteroatoms. The lowest BCUT2D eigenvalue weighted by Gasteiger charge is -2.09. The molecule has 2 rings (SSSR count). The highest BCUT2D eigenvalue weighted by Gasteiger charge is 2.12. The summed E-state index contributed by atoms with van der Waals surface area (Å²) in [7, 11) is 0. The van der Waals surface area contributed by atoms with E-state index in [0.29, 0.717) is 18.6 Å². The van der Waals surface area contributed by atoms with E-state index >= 15 is 0 Å². The molecule has 0 spiro atoms. The Balaban J connectivity index is 2.37. The van der Waals surface area contributed by atoms with Crippen LogP contribution in [0.3, 0.4) is 0 Å². The van der Waals surface area contributed by atoms with Crippen molar-refractivity contribution in [3.8, 4) is 6.07 Å². The zero-order valence-electron chi connectivity index (χ0n) is 11.0. The highest BCUT2D eigenvalue weighted by molar-refractivity contribution is 5.94. The second kappa shape index (κ2) is 5.53. The molecule has 0 N–H and O–H groups in total. The van der Waals surface area contributed by atoms with Gasteiger partial charge in [0.25, 0.3) is 0 Å². The Morgan fingerprint density at radius 2 is 2.37 bits per heavy atom. The minimum atomic E-state index is -0.331. The Labute approximate surface area is 111 Å². The van der Waals surface area contributed by atoms with Crippen molar-refractivity contribution in [2.45, 2.75) is 26.3 Å². The van der Waals surface area contributed by atoms with Crippen molar-refractivity contribution in [2.75, 3.05) is 6.61 Å². The lowest BCUT2D eigenvalue weighted by Crippen LogP contribution is -2.06. The number of hydrogen-bond donors (Lipinski definition) is 0. The highest BCUT2D eigenvalue weighted by atomic mass is 16.5. The molecule has 19 heavy (non-hydrogen) atoms. The molecule has 0 saturated heterocycles. The number of rotatable bonds is 4. The quantitative estimate of drug-likeness (QED) is 0.790. The maximum atomic E-state index is 11.6. The summed E-state index contributed by atoms with van der Waals surface area (Å²) in [5.41, 5.74) is 1.43. The Kier molecular flexibility index (Phi) is 3.81. The summed E-state index contributed by atoms with van der Waals surface area (Å²) in [6.07, 6.45) is 2.10. The zero-order chi connectivity index (χ0) is 13.8. The van der Waals surface area contributed by atoms with Crippen molar-refractivity contribution < 1.29 is 9.53 Å². The van der Waals surface area contributed by atoms with E-state index in [9.17, 15) is 4.79 Å². The maximum absolute atomic E-state index is 11.6. The second-order valence-electron chi connectivity index (χ2n) is 4.29. The van der Waals surface area contributed by atoms with Crippen molar-refractivity contribution in [3.05, 3.63) is 30.0 Å². The fourth-order valence-electron chi connectivity index (χ4n) is 1.96. The molecule has 0 radical (unpaired) electrons. The summed E-state index contributed by atoms with van der Waals surface area (Å²) in [5, 5.41) is 13.9. The van der Waals surface area contributed by atoms with Crippen LogP contribution in [0, 0.1) is 11.3 Å². The Bertz CT molecular complexity index is 640. The molecule has 0 bridgehead atoms. The summed E-state index contributed by atoms with van der Waals surface area (Å²) in [6, 6.07) is 7.46. The minimum Gasteiger partial charge on any atom is -0.462 e. The SMILES string of the molecule is CCOC(=O)c1ccc2c(cnn2[C@H](C)CC#N)c1. The van der Waals surface area contributed by atoms with Gasteiger partial charge < -0.3 is 4.74 Å². The molecule has 0 amide bonds. The van der Waals surface area contributed by atoms with Gasteiger partial charge in [0.05, 0.1) is 42.4 Å². The van der Waals surface area contributed by atoms with Crippen LogP contribution in [-0.2, 0) is 4.74 Å². The number of carbonyl (C=O) groups is 1. The van der Waals surface area contributed by atoms with Crippen LogP contribution >= 0.6 is 0 Å². The molecule has 1 heterocycles. The molecule has 0 aliphatic carbocycles. The number of nitriles is 1. The second-order valence-corrected chi connectivity index (χ2v) is 4.29. The van der Waals surface area contributed by atoms with Gasteiger partial charge in [-0.25, -0.2) is 4.79 Å². The first-order chi connectivity index (χ1) is 9.17. The van der Waals surface area contributed by atoms with Crippen LogP contribution in [0.4, 0.5) is 0 Å². The molecule has 5 nitrogen and oxygen atoms in total. The molecule has 2 aromatic rings. The highest BCUT2D eigenvalue weighted by Crippen LogP contribution is 2.21. The van der Waals surface area contributed by atoms with Crippen LogP contribution < -0.4 is 0 Å². The molecule has 0 saturated carbocycles. The van der Waals surface area contributed by atoms with Gasteiger partial charge in [-0.3, -0.25) is 4.68 Å². The standard InChI is InChI=1S/C14H15N3O2/c1-3-19-14(18)11-4-5-13-12(8-11)9-16-17(13)10(2)6-7-15/h4-5,8-10H,3,6H2,1-2H3/t10-/m1/s1. The first kappa shape index (κ1) is 13.1. The number of hydrogen-bond acceptors (Lipinski definition) is 4. The summed E-state index contributed by atoms with van der Waals surface area (Å²) in [4.78, 5) is 11.6. The van der Waals surface area contributed by atoms with Gasteiger partial charge in [0, 0.05) is 5.39 Å². The monoisotopic (exact) mass is 257 g/mol. The van der Waals surface area contributed by atoms with E-state index in [1.54, 1.807) is 29.9 Å². The summed E-state index contributed by atoms with van der Waals surface area (Å²) < 4.78 is 6.76. The number of nitrogens with zero attached hydrogens (tertiary/aromatic N) is 3. The number of esters is 1. The third-order valence-electron chi connectivity index (χ3n) is 2.91. The topological polar surface area (TPSA) is 67.9 Å². The molecule has 1 atom stereocenters. The van der Waals surface area contributed by atoms with Crippen LogP contribution in [0.15, 0.2) is 24.4 Å². The first-order valence-corrected chi connectivity index (χ1v) is 6.18. The summed E-state index contributed by atoms with van der Waals surface area (Å²) in [6.45, 7) is 4.07. The van der Waals surface area contributed by atoms with Gasteiger partial charge in [-0.05, 0) is 32.0 Å². The predicted molar refractivity (Wildman–Crippen MR) is 70.6 cm³/mol. The van der Waals surface area contributed by atoms with Gasteiger partial charge in [0.2, 0.25) is 0 Å². The van der Waals surface area contributed by atoms with Gasteiger partial charge in [-0.15, -0.1) is 0 Å². The molecule has 1 aromatic carbocycles. The van der Waals surface area contributed by atoms with E-state index in [0.717, 1.165) is 10.9 Å². The molecule has 0 fully saturated rings. The van der Waals surface area contributed by atoms with E-state index in [4.69, 9.17) is 10.00 Å². The third kappa shape index (κ3) is 2.58.